The van der Waals surface area contributed by atoms with Crippen LogP contribution in [0.2, 0.25) is 5.02 Å². The van der Waals surface area contributed by atoms with Gasteiger partial charge in [-0.2, -0.15) is 0 Å². The van der Waals surface area contributed by atoms with Crippen molar-refractivity contribution in [1.82, 2.24) is 9.97 Å². The Morgan fingerprint density at radius 1 is 1.35 bits per heavy atom. The van der Waals surface area contributed by atoms with Gasteiger partial charge in [0.1, 0.15) is 11.6 Å². The van der Waals surface area contributed by atoms with E-state index in [1.165, 1.54) is 18.2 Å². The largest absolute Gasteiger partial charge is 0.322 e. The van der Waals surface area contributed by atoms with Crippen LogP contribution < -0.4 is 5.73 Å². The topological polar surface area (TPSA) is 51.8 Å². The first kappa shape index (κ1) is 12.0. The lowest BCUT2D eigenvalue weighted by molar-refractivity contribution is 0.630. The highest BCUT2D eigenvalue weighted by atomic mass is 35.5. The second-order valence-electron chi connectivity index (χ2n) is 3.71. The second kappa shape index (κ2) is 4.77. The molecule has 0 radical (unpaired) electrons. The lowest BCUT2D eigenvalue weighted by Gasteiger charge is -2.07. The summed E-state index contributed by atoms with van der Waals surface area (Å²) in [7, 11) is 0. The lowest BCUT2D eigenvalue weighted by Crippen LogP contribution is -2.10. The quantitative estimate of drug-likeness (QED) is 0.893. The maximum Gasteiger partial charge on any atom is 0.145 e. The van der Waals surface area contributed by atoms with Gasteiger partial charge in [-0.3, -0.25) is 0 Å². The van der Waals surface area contributed by atoms with Gasteiger partial charge in [0.05, 0.1) is 11.7 Å². The smallest absolute Gasteiger partial charge is 0.145 e. The molecular weight excluding hydrogens is 241 g/mol. The summed E-state index contributed by atoms with van der Waals surface area (Å²) in [6.45, 7) is 1.77. The minimum atomic E-state index is -0.372. The van der Waals surface area contributed by atoms with Gasteiger partial charge in [-0.05, 0) is 31.2 Å². The molecular formula is C12H11ClFN3. The van der Waals surface area contributed by atoms with Crippen molar-refractivity contribution in [1.29, 1.82) is 0 Å². The van der Waals surface area contributed by atoms with Crippen LogP contribution in [0, 0.1) is 5.82 Å². The molecule has 0 aliphatic carbocycles. The minimum absolute atomic E-state index is 0.294. The Labute approximate surface area is 103 Å². The van der Waals surface area contributed by atoms with Crippen molar-refractivity contribution in [3.05, 3.63) is 47.1 Å². The molecule has 1 aromatic heterocycles. The van der Waals surface area contributed by atoms with Gasteiger partial charge < -0.3 is 5.73 Å². The molecule has 0 saturated carbocycles. The molecule has 17 heavy (non-hydrogen) atoms. The molecule has 0 bridgehead atoms. The maximum atomic E-state index is 13.6. The van der Waals surface area contributed by atoms with Gasteiger partial charge in [0.25, 0.3) is 0 Å². The molecule has 88 valence electrons. The molecule has 0 spiro atoms. The molecule has 3 nitrogen and oxygen atoms in total. The highest BCUT2D eigenvalue weighted by Crippen LogP contribution is 2.24. The number of benzene rings is 1. The van der Waals surface area contributed by atoms with Crippen molar-refractivity contribution in [2.24, 2.45) is 5.73 Å². The molecule has 2 N–H and O–H groups in total. The summed E-state index contributed by atoms with van der Waals surface area (Å²) in [5.74, 6) is 0.102. The minimum Gasteiger partial charge on any atom is -0.322 e. The fourth-order valence-corrected chi connectivity index (χ4v) is 1.61. The molecule has 1 aromatic carbocycles. The van der Waals surface area contributed by atoms with E-state index >= 15 is 0 Å². The molecule has 0 aliphatic heterocycles. The molecule has 2 aromatic rings. The molecule has 1 heterocycles. The van der Waals surface area contributed by atoms with Gasteiger partial charge in [-0.1, -0.05) is 11.6 Å². The Balaban J connectivity index is 2.52. The summed E-state index contributed by atoms with van der Waals surface area (Å²) < 4.78 is 13.6. The van der Waals surface area contributed by atoms with E-state index in [4.69, 9.17) is 17.3 Å². The van der Waals surface area contributed by atoms with Gasteiger partial charge in [-0.25, -0.2) is 14.4 Å². The van der Waals surface area contributed by atoms with E-state index in [0.717, 1.165) is 0 Å². The van der Waals surface area contributed by atoms with E-state index in [0.29, 0.717) is 22.1 Å². The molecule has 1 unspecified atom stereocenters. The Kier molecular flexibility index (Phi) is 3.36. The summed E-state index contributed by atoms with van der Waals surface area (Å²) >= 11 is 5.83. The third-order valence-corrected chi connectivity index (χ3v) is 2.52. The van der Waals surface area contributed by atoms with Crippen LogP contribution in [0.5, 0.6) is 0 Å². The molecule has 2 rings (SSSR count). The first-order valence-electron chi connectivity index (χ1n) is 5.12. The van der Waals surface area contributed by atoms with Crippen molar-refractivity contribution < 1.29 is 4.39 Å². The van der Waals surface area contributed by atoms with Gasteiger partial charge >= 0.3 is 0 Å². The zero-order valence-electron chi connectivity index (χ0n) is 9.19. The zero-order valence-corrected chi connectivity index (χ0v) is 9.95. The highest BCUT2D eigenvalue weighted by molar-refractivity contribution is 6.30. The predicted molar refractivity (Wildman–Crippen MR) is 65.0 cm³/mol. The number of rotatable bonds is 2. The summed E-state index contributed by atoms with van der Waals surface area (Å²) in [6, 6.07) is 5.67. The van der Waals surface area contributed by atoms with Crippen LogP contribution in [0.3, 0.4) is 0 Å². The highest BCUT2D eigenvalue weighted by Gasteiger charge is 2.10. The van der Waals surface area contributed by atoms with E-state index in [1.807, 2.05) is 0 Å². The normalized spacial score (nSPS) is 12.5. The van der Waals surface area contributed by atoms with Crippen molar-refractivity contribution >= 4 is 11.6 Å². The molecule has 0 amide bonds. The van der Waals surface area contributed by atoms with Crippen LogP contribution in [-0.2, 0) is 0 Å². The number of hydrogen-bond donors (Lipinski definition) is 1. The van der Waals surface area contributed by atoms with Crippen molar-refractivity contribution in [3.63, 3.8) is 0 Å². The van der Waals surface area contributed by atoms with Crippen LogP contribution in [0.1, 0.15) is 18.8 Å². The van der Waals surface area contributed by atoms with Crippen molar-refractivity contribution in [2.75, 3.05) is 0 Å². The van der Waals surface area contributed by atoms with Gasteiger partial charge in [0, 0.05) is 16.8 Å². The summed E-state index contributed by atoms with van der Waals surface area (Å²) in [5, 5.41) is 0.461. The molecule has 5 heteroatoms. The van der Waals surface area contributed by atoms with Crippen LogP contribution in [0.15, 0.2) is 30.5 Å². The molecule has 0 saturated heterocycles. The van der Waals surface area contributed by atoms with Crippen LogP contribution in [0.25, 0.3) is 11.3 Å². The lowest BCUT2D eigenvalue weighted by atomic mass is 10.1. The van der Waals surface area contributed by atoms with Gasteiger partial charge in [-0.15, -0.1) is 0 Å². The zero-order chi connectivity index (χ0) is 12.4. The average Bonchev–Trinajstić information content (AvgIpc) is 2.32. The van der Waals surface area contributed by atoms with Crippen LogP contribution in [0.4, 0.5) is 4.39 Å². The van der Waals surface area contributed by atoms with E-state index in [9.17, 15) is 4.39 Å². The third-order valence-electron chi connectivity index (χ3n) is 2.29. The Bertz CT molecular complexity index is 543. The van der Waals surface area contributed by atoms with Gasteiger partial charge in [0.2, 0.25) is 0 Å². The Morgan fingerprint density at radius 3 is 2.82 bits per heavy atom. The van der Waals surface area contributed by atoms with Crippen molar-refractivity contribution in [2.45, 2.75) is 13.0 Å². The van der Waals surface area contributed by atoms with Crippen molar-refractivity contribution in [3.8, 4) is 11.3 Å². The number of aromatic nitrogens is 2. The average molecular weight is 252 g/mol. The second-order valence-corrected chi connectivity index (χ2v) is 4.15. The summed E-state index contributed by atoms with van der Waals surface area (Å²) in [4.78, 5) is 8.23. The molecule has 1 atom stereocenters. The van der Waals surface area contributed by atoms with Crippen LogP contribution in [-0.4, -0.2) is 9.97 Å². The number of hydrogen-bond acceptors (Lipinski definition) is 3. The fraction of sp³-hybridized carbons (Fsp3) is 0.167. The first-order chi connectivity index (χ1) is 8.08. The maximum absolute atomic E-state index is 13.6. The fourth-order valence-electron chi connectivity index (χ4n) is 1.44. The van der Waals surface area contributed by atoms with E-state index in [-0.39, 0.29) is 11.9 Å². The SMILES string of the molecule is CC(N)c1nccc(-c2cc(Cl)ccc2F)n1. The van der Waals surface area contributed by atoms with E-state index < -0.39 is 0 Å². The Morgan fingerprint density at radius 2 is 2.12 bits per heavy atom. The van der Waals surface area contributed by atoms with E-state index in [1.54, 1.807) is 19.2 Å². The van der Waals surface area contributed by atoms with E-state index in [2.05, 4.69) is 9.97 Å². The number of nitrogens with two attached hydrogens (primary N) is 1. The number of nitrogens with zero attached hydrogens (tertiary/aromatic N) is 2. The molecule has 0 aliphatic rings. The third kappa shape index (κ3) is 2.60. The summed E-state index contributed by atoms with van der Waals surface area (Å²) in [6.07, 6.45) is 1.56. The standard InChI is InChI=1S/C12H11ClFN3/c1-7(15)12-16-5-4-11(17-12)9-6-8(13)2-3-10(9)14/h2-7H,15H2,1H3. The van der Waals surface area contributed by atoms with Crippen LogP contribution >= 0.6 is 11.6 Å². The number of halogens is 2. The van der Waals surface area contributed by atoms with Gasteiger partial charge in [0.15, 0.2) is 0 Å². The monoisotopic (exact) mass is 251 g/mol. The predicted octanol–water partition coefficient (Wildman–Crippen LogP) is 2.96. The molecule has 0 fully saturated rings. The first-order valence-corrected chi connectivity index (χ1v) is 5.49. The summed E-state index contributed by atoms with van der Waals surface area (Å²) in [5.41, 5.74) is 6.51. The Hall–Kier alpha value is -1.52.